The van der Waals surface area contributed by atoms with Gasteiger partial charge in [-0.05, 0) is 24.1 Å². The van der Waals surface area contributed by atoms with Crippen LogP contribution in [-0.2, 0) is 6.42 Å². The van der Waals surface area contributed by atoms with Crippen LogP contribution >= 0.6 is 11.6 Å². The zero-order valence-electron chi connectivity index (χ0n) is 8.41. The Morgan fingerprint density at radius 2 is 2.07 bits per heavy atom. The van der Waals surface area contributed by atoms with Crippen molar-refractivity contribution in [3.8, 4) is 0 Å². The standard InChI is InChI=1S/C12H14ClNO/c13-11-3-1-9(2-4-11)5-10-6-12(15)8-14-7-10/h1-4,6,12,14-15H,5,7-8H2. The first-order valence-electron chi connectivity index (χ1n) is 5.07. The van der Waals surface area contributed by atoms with Gasteiger partial charge in [0.2, 0.25) is 0 Å². The third-order valence-corrected chi connectivity index (χ3v) is 2.73. The van der Waals surface area contributed by atoms with E-state index in [0.29, 0.717) is 6.54 Å². The highest BCUT2D eigenvalue weighted by atomic mass is 35.5. The number of benzene rings is 1. The quantitative estimate of drug-likeness (QED) is 0.750. The Hall–Kier alpha value is -0.830. The number of β-amino-alcohol motifs (C(OH)–C–C–N with tert-alkyl or cyclic N) is 1. The normalized spacial score (nSPS) is 21.2. The van der Waals surface area contributed by atoms with Crippen molar-refractivity contribution in [3.05, 3.63) is 46.5 Å². The van der Waals surface area contributed by atoms with Crippen molar-refractivity contribution >= 4 is 11.6 Å². The summed E-state index contributed by atoms with van der Waals surface area (Å²) in [5.74, 6) is 0. The number of aliphatic hydroxyl groups is 1. The Bertz CT molecular complexity index is 358. The van der Waals surface area contributed by atoms with Crippen molar-refractivity contribution in [1.29, 1.82) is 0 Å². The lowest BCUT2D eigenvalue weighted by molar-refractivity contribution is 0.213. The number of hydrogen-bond donors (Lipinski definition) is 2. The van der Waals surface area contributed by atoms with Crippen LogP contribution in [0.25, 0.3) is 0 Å². The van der Waals surface area contributed by atoms with Gasteiger partial charge in [0.1, 0.15) is 0 Å². The Labute approximate surface area is 94.6 Å². The van der Waals surface area contributed by atoms with E-state index < -0.39 is 0 Å². The van der Waals surface area contributed by atoms with E-state index in [4.69, 9.17) is 11.6 Å². The molecule has 1 aliphatic heterocycles. The topological polar surface area (TPSA) is 32.3 Å². The Morgan fingerprint density at radius 3 is 2.73 bits per heavy atom. The van der Waals surface area contributed by atoms with Crippen LogP contribution < -0.4 is 5.32 Å². The van der Waals surface area contributed by atoms with Gasteiger partial charge in [-0.25, -0.2) is 0 Å². The van der Waals surface area contributed by atoms with Crippen LogP contribution in [0.2, 0.25) is 5.02 Å². The van der Waals surface area contributed by atoms with Crippen LogP contribution in [0.4, 0.5) is 0 Å². The monoisotopic (exact) mass is 223 g/mol. The fourth-order valence-electron chi connectivity index (χ4n) is 1.76. The molecule has 0 spiro atoms. The van der Waals surface area contributed by atoms with Gasteiger partial charge in [0, 0.05) is 18.1 Å². The molecule has 0 aliphatic carbocycles. The summed E-state index contributed by atoms with van der Waals surface area (Å²) in [7, 11) is 0. The molecule has 0 radical (unpaired) electrons. The van der Waals surface area contributed by atoms with E-state index in [2.05, 4.69) is 5.32 Å². The second-order valence-electron chi connectivity index (χ2n) is 3.83. The molecular formula is C12H14ClNO. The SMILES string of the molecule is OC1C=C(Cc2ccc(Cl)cc2)CNC1. The van der Waals surface area contributed by atoms with Gasteiger partial charge in [-0.3, -0.25) is 0 Å². The van der Waals surface area contributed by atoms with Gasteiger partial charge in [-0.1, -0.05) is 35.4 Å². The van der Waals surface area contributed by atoms with Crippen LogP contribution in [0, 0.1) is 0 Å². The molecule has 2 N–H and O–H groups in total. The minimum atomic E-state index is -0.346. The highest BCUT2D eigenvalue weighted by Crippen LogP contribution is 2.14. The van der Waals surface area contributed by atoms with Gasteiger partial charge in [-0.15, -0.1) is 0 Å². The van der Waals surface area contributed by atoms with Crippen LogP contribution in [-0.4, -0.2) is 24.3 Å². The number of halogens is 1. The first-order chi connectivity index (χ1) is 7.24. The minimum Gasteiger partial charge on any atom is -0.388 e. The second-order valence-corrected chi connectivity index (χ2v) is 4.26. The maximum absolute atomic E-state index is 9.44. The van der Waals surface area contributed by atoms with E-state index in [1.807, 2.05) is 30.3 Å². The summed E-state index contributed by atoms with van der Waals surface area (Å²) in [5, 5.41) is 13.4. The van der Waals surface area contributed by atoms with Crippen molar-refractivity contribution in [2.45, 2.75) is 12.5 Å². The highest BCUT2D eigenvalue weighted by molar-refractivity contribution is 6.30. The van der Waals surface area contributed by atoms with E-state index in [9.17, 15) is 5.11 Å². The fraction of sp³-hybridized carbons (Fsp3) is 0.333. The average Bonchev–Trinajstić information content (AvgIpc) is 2.22. The molecule has 1 aromatic rings. The summed E-state index contributed by atoms with van der Waals surface area (Å²) < 4.78 is 0. The van der Waals surface area contributed by atoms with Crippen molar-refractivity contribution in [2.24, 2.45) is 0 Å². The molecule has 3 heteroatoms. The molecule has 0 aromatic heterocycles. The van der Waals surface area contributed by atoms with Gasteiger partial charge in [0.05, 0.1) is 6.10 Å². The third kappa shape index (κ3) is 3.06. The lowest BCUT2D eigenvalue weighted by Crippen LogP contribution is -2.32. The van der Waals surface area contributed by atoms with Gasteiger partial charge >= 0.3 is 0 Å². The Kier molecular flexibility index (Phi) is 3.41. The van der Waals surface area contributed by atoms with Crippen molar-refractivity contribution in [2.75, 3.05) is 13.1 Å². The molecule has 1 aliphatic rings. The smallest absolute Gasteiger partial charge is 0.0848 e. The molecule has 1 aromatic carbocycles. The maximum atomic E-state index is 9.44. The zero-order valence-corrected chi connectivity index (χ0v) is 9.17. The van der Waals surface area contributed by atoms with Crippen LogP contribution in [0.1, 0.15) is 5.56 Å². The molecule has 2 rings (SSSR count). The van der Waals surface area contributed by atoms with Gasteiger partial charge < -0.3 is 10.4 Å². The van der Waals surface area contributed by atoms with Gasteiger partial charge in [0.15, 0.2) is 0 Å². The number of hydrogen-bond acceptors (Lipinski definition) is 2. The summed E-state index contributed by atoms with van der Waals surface area (Å²) in [5.41, 5.74) is 2.46. The summed E-state index contributed by atoms with van der Waals surface area (Å²) in [6.07, 6.45) is 2.47. The van der Waals surface area contributed by atoms with Crippen molar-refractivity contribution in [1.82, 2.24) is 5.32 Å². The van der Waals surface area contributed by atoms with E-state index in [1.165, 1.54) is 11.1 Å². The van der Waals surface area contributed by atoms with E-state index in [1.54, 1.807) is 0 Å². The van der Waals surface area contributed by atoms with Gasteiger partial charge in [-0.2, -0.15) is 0 Å². The molecular weight excluding hydrogens is 210 g/mol. The number of nitrogens with one attached hydrogen (secondary N) is 1. The number of rotatable bonds is 2. The molecule has 15 heavy (non-hydrogen) atoms. The zero-order chi connectivity index (χ0) is 10.7. The van der Waals surface area contributed by atoms with Crippen LogP contribution in [0.15, 0.2) is 35.9 Å². The lowest BCUT2D eigenvalue weighted by atomic mass is 10.0. The predicted octanol–water partition coefficient (Wildman–Crippen LogP) is 1.77. The van der Waals surface area contributed by atoms with Crippen LogP contribution in [0.5, 0.6) is 0 Å². The second kappa shape index (κ2) is 4.79. The predicted molar refractivity (Wildman–Crippen MR) is 62.1 cm³/mol. The van der Waals surface area contributed by atoms with E-state index >= 15 is 0 Å². The Balaban J connectivity index is 2.05. The first-order valence-corrected chi connectivity index (χ1v) is 5.44. The molecule has 0 saturated carbocycles. The van der Waals surface area contributed by atoms with Crippen molar-refractivity contribution < 1.29 is 5.11 Å². The minimum absolute atomic E-state index is 0.346. The summed E-state index contributed by atoms with van der Waals surface area (Å²) >= 11 is 5.81. The molecule has 1 unspecified atom stereocenters. The van der Waals surface area contributed by atoms with Crippen molar-refractivity contribution in [3.63, 3.8) is 0 Å². The fourth-order valence-corrected chi connectivity index (χ4v) is 1.88. The average molecular weight is 224 g/mol. The molecule has 0 saturated heterocycles. The largest absolute Gasteiger partial charge is 0.388 e. The van der Waals surface area contributed by atoms with E-state index in [-0.39, 0.29) is 6.10 Å². The summed E-state index contributed by atoms with van der Waals surface area (Å²) in [6.45, 7) is 1.52. The lowest BCUT2D eigenvalue weighted by Gasteiger charge is -2.18. The molecule has 80 valence electrons. The maximum Gasteiger partial charge on any atom is 0.0848 e. The Morgan fingerprint density at radius 1 is 1.33 bits per heavy atom. The molecule has 0 bridgehead atoms. The van der Waals surface area contributed by atoms with Gasteiger partial charge in [0.25, 0.3) is 0 Å². The molecule has 1 atom stereocenters. The molecule has 1 heterocycles. The van der Waals surface area contributed by atoms with E-state index in [0.717, 1.165) is 18.0 Å². The number of aliphatic hydroxyl groups excluding tert-OH is 1. The third-order valence-electron chi connectivity index (χ3n) is 2.48. The molecule has 2 nitrogen and oxygen atoms in total. The first kappa shape index (κ1) is 10.7. The summed E-state index contributed by atoms with van der Waals surface area (Å²) in [6, 6.07) is 7.82. The highest BCUT2D eigenvalue weighted by Gasteiger charge is 2.09. The summed E-state index contributed by atoms with van der Waals surface area (Å²) in [4.78, 5) is 0. The molecule has 0 amide bonds. The van der Waals surface area contributed by atoms with Crippen LogP contribution in [0.3, 0.4) is 0 Å². The molecule has 0 fully saturated rings.